The van der Waals surface area contributed by atoms with E-state index in [1.807, 2.05) is 38.2 Å². The number of aliphatic imine (C=N–C) groups is 1. The van der Waals surface area contributed by atoms with Crippen molar-refractivity contribution in [2.24, 2.45) is 10.4 Å². The Labute approximate surface area is 169 Å². The van der Waals surface area contributed by atoms with Crippen molar-refractivity contribution in [1.82, 2.24) is 10.2 Å². The van der Waals surface area contributed by atoms with Crippen LogP contribution in [0, 0.1) is 5.41 Å². The lowest BCUT2D eigenvalue weighted by atomic mass is 9.65. The zero-order valence-electron chi connectivity index (χ0n) is 16.4. The molecule has 2 rings (SSSR count). The highest BCUT2D eigenvalue weighted by Gasteiger charge is 2.53. The maximum Gasteiger partial charge on any atom is 0.194 e. The second-order valence-electron chi connectivity index (χ2n) is 7.54. The second-order valence-corrected chi connectivity index (χ2v) is 7.54. The van der Waals surface area contributed by atoms with Crippen molar-refractivity contribution >= 4 is 29.9 Å². The number of para-hydroxylation sites is 2. The Bertz CT molecular complexity index is 602. The van der Waals surface area contributed by atoms with Crippen LogP contribution in [0.5, 0.6) is 11.5 Å². The van der Waals surface area contributed by atoms with Gasteiger partial charge in [-0.3, -0.25) is 4.99 Å². The van der Waals surface area contributed by atoms with Crippen LogP contribution in [0.25, 0.3) is 0 Å². The number of hydrogen-bond donors (Lipinski definition) is 1. The molecule has 142 valence electrons. The van der Waals surface area contributed by atoms with E-state index >= 15 is 0 Å². The van der Waals surface area contributed by atoms with Crippen molar-refractivity contribution in [3.8, 4) is 11.5 Å². The van der Waals surface area contributed by atoms with Crippen molar-refractivity contribution in [2.45, 2.75) is 46.3 Å². The molecule has 1 fully saturated rings. The van der Waals surface area contributed by atoms with Gasteiger partial charge in [-0.25, -0.2) is 0 Å². The maximum absolute atomic E-state index is 5.99. The Morgan fingerprint density at radius 1 is 1.24 bits per heavy atom. The van der Waals surface area contributed by atoms with Gasteiger partial charge in [-0.2, -0.15) is 0 Å². The molecule has 0 saturated carbocycles. The highest BCUT2D eigenvalue weighted by atomic mass is 127. The van der Waals surface area contributed by atoms with Gasteiger partial charge in [0, 0.05) is 24.5 Å². The van der Waals surface area contributed by atoms with Crippen LogP contribution in [-0.2, 0) is 0 Å². The van der Waals surface area contributed by atoms with Gasteiger partial charge < -0.3 is 19.7 Å². The SMILES string of the molecule is CN=C(NCC(C)Oc1ccccc1OC)N1CC(C)(C)C1(C)C.I. The molecule has 0 amide bonds. The van der Waals surface area contributed by atoms with E-state index in [-0.39, 0.29) is 41.0 Å². The van der Waals surface area contributed by atoms with Crippen LogP contribution >= 0.6 is 24.0 Å². The fourth-order valence-corrected chi connectivity index (χ4v) is 2.90. The first-order chi connectivity index (χ1) is 11.2. The quantitative estimate of drug-likeness (QED) is 0.412. The van der Waals surface area contributed by atoms with Crippen LogP contribution in [-0.4, -0.2) is 49.7 Å². The van der Waals surface area contributed by atoms with Gasteiger partial charge in [-0.15, -0.1) is 24.0 Å². The van der Waals surface area contributed by atoms with Gasteiger partial charge >= 0.3 is 0 Å². The Kier molecular flexibility index (Phi) is 7.40. The molecule has 0 aromatic heterocycles. The summed E-state index contributed by atoms with van der Waals surface area (Å²) in [4.78, 5) is 6.76. The molecule has 1 N–H and O–H groups in total. The first-order valence-electron chi connectivity index (χ1n) is 8.51. The number of likely N-dealkylation sites (tertiary alicyclic amines) is 1. The van der Waals surface area contributed by atoms with Crippen LogP contribution in [0.1, 0.15) is 34.6 Å². The summed E-state index contributed by atoms with van der Waals surface area (Å²) in [7, 11) is 3.48. The number of rotatable bonds is 5. The van der Waals surface area contributed by atoms with Crippen LogP contribution in [0.4, 0.5) is 0 Å². The van der Waals surface area contributed by atoms with Crippen molar-refractivity contribution in [3.63, 3.8) is 0 Å². The highest BCUT2D eigenvalue weighted by molar-refractivity contribution is 14.0. The summed E-state index contributed by atoms with van der Waals surface area (Å²) in [6, 6.07) is 7.70. The number of guanidine groups is 1. The van der Waals surface area contributed by atoms with Gasteiger partial charge in [-0.1, -0.05) is 26.0 Å². The largest absolute Gasteiger partial charge is 0.493 e. The lowest BCUT2D eigenvalue weighted by Gasteiger charge is -2.62. The number of halogens is 1. The number of nitrogens with one attached hydrogen (secondary N) is 1. The van der Waals surface area contributed by atoms with E-state index in [2.05, 4.69) is 42.9 Å². The smallest absolute Gasteiger partial charge is 0.194 e. The third kappa shape index (κ3) is 4.51. The number of ether oxygens (including phenoxy) is 2. The summed E-state index contributed by atoms with van der Waals surface area (Å²) in [6.45, 7) is 12.8. The summed E-state index contributed by atoms with van der Waals surface area (Å²) in [6.07, 6.45) is -0.00421. The Morgan fingerprint density at radius 3 is 2.32 bits per heavy atom. The molecule has 1 aliphatic rings. The molecule has 0 aliphatic carbocycles. The van der Waals surface area contributed by atoms with Crippen LogP contribution in [0.15, 0.2) is 29.3 Å². The molecule has 0 bridgehead atoms. The van der Waals surface area contributed by atoms with Gasteiger partial charge in [-0.05, 0) is 32.9 Å². The van der Waals surface area contributed by atoms with Crippen LogP contribution in [0.2, 0.25) is 0 Å². The monoisotopic (exact) mass is 461 g/mol. The Hall–Kier alpha value is -1.18. The van der Waals surface area contributed by atoms with Crippen LogP contribution < -0.4 is 14.8 Å². The van der Waals surface area contributed by atoms with E-state index < -0.39 is 0 Å². The van der Waals surface area contributed by atoms with Crippen molar-refractivity contribution in [3.05, 3.63) is 24.3 Å². The molecule has 1 atom stereocenters. The van der Waals surface area contributed by atoms with E-state index in [9.17, 15) is 0 Å². The average Bonchev–Trinajstić information content (AvgIpc) is 2.54. The third-order valence-electron chi connectivity index (χ3n) is 5.30. The fourth-order valence-electron chi connectivity index (χ4n) is 2.90. The van der Waals surface area contributed by atoms with Crippen molar-refractivity contribution < 1.29 is 9.47 Å². The zero-order chi connectivity index (χ0) is 18.0. The Balaban J connectivity index is 0.00000312. The second kappa shape index (κ2) is 8.47. The molecule has 1 unspecified atom stereocenters. The molecule has 0 spiro atoms. The summed E-state index contributed by atoms with van der Waals surface area (Å²) in [5, 5.41) is 3.43. The molecular weight excluding hydrogens is 429 g/mol. The zero-order valence-corrected chi connectivity index (χ0v) is 18.8. The molecule has 1 aromatic carbocycles. The first-order valence-corrected chi connectivity index (χ1v) is 8.51. The van der Waals surface area contributed by atoms with E-state index in [0.29, 0.717) is 6.54 Å². The van der Waals surface area contributed by atoms with E-state index in [1.54, 1.807) is 7.11 Å². The molecule has 1 aromatic rings. The molecule has 25 heavy (non-hydrogen) atoms. The van der Waals surface area contributed by atoms with Crippen molar-refractivity contribution in [2.75, 3.05) is 27.2 Å². The molecule has 1 saturated heterocycles. The standard InChI is InChI=1S/C19H31N3O2.HI/c1-14(24-16-11-9-8-10-15(16)23-7)12-21-17(20-6)22-13-18(2,3)19(22,4)5;/h8-11,14H,12-13H2,1-7H3,(H,20,21);1H. The van der Waals surface area contributed by atoms with Gasteiger partial charge in [0.25, 0.3) is 0 Å². The normalized spacial score (nSPS) is 19.3. The van der Waals surface area contributed by atoms with E-state index in [4.69, 9.17) is 9.47 Å². The molecule has 6 heteroatoms. The summed E-state index contributed by atoms with van der Waals surface area (Å²) in [5.41, 5.74) is 0.367. The third-order valence-corrected chi connectivity index (χ3v) is 5.30. The van der Waals surface area contributed by atoms with Gasteiger partial charge in [0.15, 0.2) is 17.5 Å². The molecule has 5 nitrogen and oxygen atoms in total. The molecular formula is C19H32IN3O2. The van der Waals surface area contributed by atoms with Crippen molar-refractivity contribution in [1.29, 1.82) is 0 Å². The minimum atomic E-state index is -0.00421. The van der Waals surface area contributed by atoms with E-state index in [0.717, 1.165) is 24.0 Å². The maximum atomic E-state index is 5.99. The summed E-state index contributed by atoms with van der Waals surface area (Å²) in [5.74, 6) is 2.43. The Morgan fingerprint density at radius 2 is 1.84 bits per heavy atom. The molecule has 1 aliphatic heterocycles. The average molecular weight is 461 g/mol. The van der Waals surface area contributed by atoms with Gasteiger partial charge in [0.2, 0.25) is 0 Å². The lowest BCUT2D eigenvalue weighted by molar-refractivity contribution is -0.0669. The van der Waals surface area contributed by atoms with E-state index in [1.165, 1.54) is 0 Å². The number of nitrogens with zero attached hydrogens (tertiary/aromatic N) is 2. The van der Waals surface area contributed by atoms with Crippen LogP contribution in [0.3, 0.4) is 0 Å². The van der Waals surface area contributed by atoms with Gasteiger partial charge in [0.05, 0.1) is 13.7 Å². The number of hydrogen-bond acceptors (Lipinski definition) is 3. The fraction of sp³-hybridized carbons (Fsp3) is 0.632. The molecule has 0 radical (unpaired) electrons. The number of benzene rings is 1. The lowest BCUT2D eigenvalue weighted by Crippen LogP contribution is -2.72. The minimum Gasteiger partial charge on any atom is -0.493 e. The minimum absolute atomic E-state index is 0. The highest BCUT2D eigenvalue weighted by Crippen LogP contribution is 2.46. The number of methoxy groups -OCH3 is 1. The summed E-state index contributed by atoms with van der Waals surface area (Å²) < 4.78 is 11.3. The first kappa shape index (κ1) is 21.9. The van der Waals surface area contributed by atoms with Gasteiger partial charge in [0.1, 0.15) is 6.10 Å². The predicted octanol–water partition coefficient (Wildman–Crippen LogP) is 3.78. The molecule has 1 heterocycles. The summed E-state index contributed by atoms with van der Waals surface area (Å²) >= 11 is 0. The topological polar surface area (TPSA) is 46.1 Å². The predicted molar refractivity (Wildman–Crippen MR) is 114 cm³/mol.